The van der Waals surface area contributed by atoms with Crippen molar-refractivity contribution < 1.29 is 0 Å². The molecule has 24 heavy (non-hydrogen) atoms. The monoisotopic (exact) mass is 338 g/mol. The number of fused-ring (bicyclic) bond motifs is 3. The molecule has 0 saturated carbocycles. The number of azo groups is 1. The number of imidazole rings is 1. The van der Waals surface area contributed by atoms with Gasteiger partial charge in [0.15, 0.2) is 5.69 Å². The number of anilines is 1. The highest BCUT2D eigenvalue weighted by Gasteiger charge is 2.13. The van der Waals surface area contributed by atoms with Crippen molar-refractivity contribution in [3.05, 3.63) is 63.9 Å². The van der Waals surface area contributed by atoms with Crippen LogP contribution in [0, 0.1) is 0 Å². The van der Waals surface area contributed by atoms with E-state index in [-0.39, 0.29) is 11.5 Å². The Hall–Kier alpha value is -3.19. The third kappa shape index (κ3) is 2.31. The van der Waals surface area contributed by atoms with Crippen LogP contribution in [0.5, 0.6) is 0 Å². The van der Waals surface area contributed by atoms with Crippen LogP contribution in [0.25, 0.3) is 16.8 Å². The number of hydrogen-bond acceptors (Lipinski definition) is 5. The van der Waals surface area contributed by atoms with E-state index < -0.39 is 5.56 Å². The lowest BCUT2D eigenvalue weighted by Gasteiger charge is -2.03. The van der Waals surface area contributed by atoms with Gasteiger partial charge in [-0.15, -0.1) is 5.11 Å². The molecule has 2 aromatic heterocycles. The summed E-state index contributed by atoms with van der Waals surface area (Å²) in [5.74, 6) is 0.546. The van der Waals surface area contributed by atoms with Gasteiger partial charge in [-0.2, -0.15) is 5.11 Å². The van der Waals surface area contributed by atoms with Gasteiger partial charge in [0.05, 0.1) is 16.7 Å². The number of nitrogens with one attached hydrogen (secondary N) is 1. The fraction of sp³-hybridized carbons (Fsp3) is 0. The summed E-state index contributed by atoms with van der Waals surface area (Å²) in [5, 5.41) is 8.64. The smallest absolute Gasteiger partial charge is 0.282 e. The lowest BCUT2D eigenvalue weighted by Crippen LogP contribution is -2.12. The molecule has 0 fully saturated rings. The number of H-pyrrole nitrogens is 1. The molecule has 0 aliphatic carbocycles. The number of rotatable bonds is 2. The number of aromatic amines is 1. The molecule has 4 aromatic rings. The van der Waals surface area contributed by atoms with E-state index in [2.05, 4.69) is 20.2 Å². The molecule has 2 aromatic carbocycles. The Morgan fingerprint density at radius 2 is 1.83 bits per heavy atom. The molecule has 0 saturated heterocycles. The predicted molar refractivity (Wildman–Crippen MR) is 93.4 cm³/mol. The first kappa shape index (κ1) is 14.4. The lowest BCUT2D eigenvalue weighted by molar-refractivity contribution is 1.08. The van der Waals surface area contributed by atoms with Crippen molar-refractivity contribution >= 4 is 45.6 Å². The van der Waals surface area contributed by atoms with Crippen molar-refractivity contribution in [2.24, 2.45) is 10.2 Å². The van der Waals surface area contributed by atoms with Gasteiger partial charge >= 0.3 is 0 Å². The second-order valence-electron chi connectivity index (χ2n) is 5.12. The van der Waals surface area contributed by atoms with Gasteiger partial charge in [0, 0.05) is 5.02 Å². The van der Waals surface area contributed by atoms with E-state index in [0.29, 0.717) is 16.5 Å². The maximum absolute atomic E-state index is 12.2. The number of hydrogen-bond donors (Lipinski definition) is 2. The first-order valence-corrected chi connectivity index (χ1v) is 7.47. The van der Waals surface area contributed by atoms with Gasteiger partial charge in [0.1, 0.15) is 5.82 Å². The van der Waals surface area contributed by atoms with Crippen LogP contribution in [0.15, 0.2) is 63.6 Å². The summed E-state index contributed by atoms with van der Waals surface area (Å²) in [6.07, 6.45) is 0. The van der Waals surface area contributed by atoms with Gasteiger partial charge in [0.2, 0.25) is 5.78 Å². The van der Waals surface area contributed by atoms with Crippen molar-refractivity contribution in [1.82, 2.24) is 14.4 Å². The minimum atomic E-state index is -0.451. The lowest BCUT2D eigenvalue weighted by atomic mass is 10.3. The molecule has 8 heteroatoms. The van der Waals surface area contributed by atoms with Crippen molar-refractivity contribution in [2.45, 2.75) is 0 Å². The molecule has 118 valence electrons. The number of aromatic nitrogens is 3. The summed E-state index contributed by atoms with van der Waals surface area (Å²) in [7, 11) is 0. The fourth-order valence-corrected chi connectivity index (χ4v) is 2.57. The first-order chi connectivity index (χ1) is 11.6. The maximum atomic E-state index is 12.2. The summed E-state index contributed by atoms with van der Waals surface area (Å²) < 4.78 is 1.65. The number of nitrogens with zero attached hydrogens (tertiary/aromatic N) is 4. The number of para-hydroxylation sites is 2. The van der Waals surface area contributed by atoms with Gasteiger partial charge in [0.25, 0.3) is 5.56 Å². The molecular weight excluding hydrogens is 328 g/mol. The van der Waals surface area contributed by atoms with Crippen molar-refractivity contribution in [1.29, 1.82) is 0 Å². The molecule has 0 amide bonds. The average molecular weight is 339 g/mol. The van der Waals surface area contributed by atoms with Gasteiger partial charge in [-0.05, 0) is 36.4 Å². The zero-order valence-electron chi connectivity index (χ0n) is 12.3. The molecule has 0 atom stereocenters. The van der Waals surface area contributed by atoms with Crippen molar-refractivity contribution in [3.8, 4) is 0 Å². The zero-order valence-corrected chi connectivity index (χ0v) is 13.0. The highest BCUT2D eigenvalue weighted by atomic mass is 35.5. The van der Waals surface area contributed by atoms with E-state index in [0.717, 1.165) is 11.0 Å². The standard InChI is InChI=1S/C16H11ClN6O/c17-9-5-7-10(8-6-9)21-22-13-14(18)23-12-4-2-1-3-11(12)19-16(23)20-15(13)24/h1-8H,18H2,(H,19,20,24). The third-order valence-corrected chi connectivity index (χ3v) is 3.83. The van der Waals surface area contributed by atoms with E-state index in [4.69, 9.17) is 17.3 Å². The highest BCUT2D eigenvalue weighted by molar-refractivity contribution is 6.30. The largest absolute Gasteiger partial charge is 0.383 e. The van der Waals surface area contributed by atoms with Crippen LogP contribution >= 0.6 is 11.6 Å². The number of nitrogen functional groups attached to an aromatic ring is 1. The van der Waals surface area contributed by atoms with Crippen LogP contribution in [0.1, 0.15) is 0 Å². The summed E-state index contributed by atoms with van der Waals surface area (Å²) >= 11 is 5.83. The number of benzene rings is 2. The Labute approximate surface area is 140 Å². The fourth-order valence-electron chi connectivity index (χ4n) is 2.45. The summed E-state index contributed by atoms with van der Waals surface area (Å²) in [4.78, 5) is 19.3. The van der Waals surface area contributed by atoms with Crippen LogP contribution in [0.4, 0.5) is 17.2 Å². The highest BCUT2D eigenvalue weighted by Crippen LogP contribution is 2.25. The van der Waals surface area contributed by atoms with Gasteiger partial charge in [-0.1, -0.05) is 23.7 Å². The van der Waals surface area contributed by atoms with E-state index >= 15 is 0 Å². The van der Waals surface area contributed by atoms with Crippen LogP contribution in [-0.2, 0) is 0 Å². The molecule has 0 radical (unpaired) electrons. The van der Waals surface area contributed by atoms with Crippen LogP contribution in [0.3, 0.4) is 0 Å². The minimum Gasteiger partial charge on any atom is -0.383 e. The normalized spacial score (nSPS) is 11.7. The topological polar surface area (TPSA) is 101 Å². The number of nitrogens with two attached hydrogens (primary N) is 1. The van der Waals surface area contributed by atoms with Crippen LogP contribution < -0.4 is 11.3 Å². The Morgan fingerprint density at radius 3 is 2.62 bits per heavy atom. The Balaban J connectivity index is 1.90. The zero-order chi connectivity index (χ0) is 16.7. The molecule has 3 N–H and O–H groups in total. The Bertz CT molecular complexity index is 1140. The average Bonchev–Trinajstić information content (AvgIpc) is 2.94. The summed E-state index contributed by atoms with van der Waals surface area (Å²) in [6, 6.07) is 14.2. The first-order valence-electron chi connectivity index (χ1n) is 7.10. The number of halogens is 1. The Morgan fingerprint density at radius 1 is 1.08 bits per heavy atom. The van der Waals surface area contributed by atoms with Crippen LogP contribution in [0.2, 0.25) is 5.02 Å². The van der Waals surface area contributed by atoms with Gasteiger partial charge in [-0.3, -0.25) is 14.2 Å². The molecule has 0 unspecified atom stereocenters. The Kier molecular flexibility index (Phi) is 3.28. The summed E-state index contributed by atoms with van der Waals surface area (Å²) in [6.45, 7) is 0. The molecule has 0 aliphatic heterocycles. The van der Waals surface area contributed by atoms with Crippen molar-refractivity contribution in [3.63, 3.8) is 0 Å². The molecule has 4 rings (SSSR count). The third-order valence-electron chi connectivity index (χ3n) is 3.58. The molecule has 2 heterocycles. The van der Waals surface area contributed by atoms with E-state index in [1.807, 2.05) is 24.3 Å². The SMILES string of the molecule is Nc1c(N=Nc2ccc(Cl)cc2)c(=O)[nH]c2nc3ccccc3n12. The second-order valence-corrected chi connectivity index (χ2v) is 5.56. The minimum absolute atomic E-state index is 0.0283. The molecule has 0 spiro atoms. The maximum Gasteiger partial charge on any atom is 0.282 e. The van der Waals surface area contributed by atoms with E-state index in [1.165, 1.54) is 0 Å². The van der Waals surface area contributed by atoms with Crippen molar-refractivity contribution in [2.75, 3.05) is 5.73 Å². The molecule has 0 aliphatic rings. The predicted octanol–water partition coefficient (Wildman–Crippen LogP) is 3.83. The second kappa shape index (κ2) is 5.47. The van der Waals surface area contributed by atoms with E-state index in [1.54, 1.807) is 28.7 Å². The summed E-state index contributed by atoms with van der Waals surface area (Å²) in [5.41, 5.74) is 7.80. The molecule has 7 nitrogen and oxygen atoms in total. The van der Waals surface area contributed by atoms with E-state index in [9.17, 15) is 4.79 Å². The van der Waals surface area contributed by atoms with Gasteiger partial charge in [-0.25, -0.2) is 4.98 Å². The quantitative estimate of drug-likeness (QED) is 0.543. The van der Waals surface area contributed by atoms with Crippen LogP contribution in [-0.4, -0.2) is 14.4 Å². The molecular formula is C16H11ClN6O. The van der Waals surface area contributed by atoms with Gasteiger partial charge < -0.3 is 5.73 Å². The molecule has 0 bridgehead atoms.